The van der Waals surface area contributed by atoms with Gasteiger partial charge in [-0.2, -0.15) is 0 Å². The lowest BCUT2D eigenvalue weighted by Gasteiger charge is -2.29. The van der Waals surface area contributed by atoms with Gasteiger partial charge >= 0.3 is 0 Å². The van der Waals surface area contributed by atoms with E-state index in [1.807, 2.05) is 6.07 Å². The Bertz CT molecular complexity index is 343. The molecule has 0 aliphatic carbocycles. The van der Waals surface area contributed by atoms with Crippen LogP contribution in [0.2, 0.25) is 0 Å². The predicted octanol–water partition coefficient (Wildman–Crippen LogP) is 1.95. The fraction of sp³-hybridized carbons (Fsp3) is 0.583. The Balaban J connectivity index is 1.91. The number of hydrogen-bond acceptors (Lipinski definition) is 4. The van der Waals surface area contributed by atoms with Gasteiger partial charge in [-0.3, -0.25) is 4.79 Å². The lowest BCUT2D eigenvalue weighted by atomic mass is 9.91. The molecule has 0 spiro atoms. The first-order chi connectivity index (χ1) is 7.83. The molecular formula is C12H18N2OS. The monoisotopic (exact) mass is 238 g/mol. The van der Waals surface area contributed by atoms with E-state index in [-0.39, 0.29) is 0 Å². The Morgan fingerprint density at radius 1 is 1.50 bits per heavy atom. The van der Waals surface area contributed by atoms with Gasteiger partial charge in [0, 0.05) is 10.9 Å². The molecular weight excluding hydrogens is 220 g/mol. The summed E-state index contributed by atoms with van der Waals surface area (Å²) in [7, 11) is 0. The summed E-state index contributed by atoms with van der Waals surface area (Å²) in [5, 5.41) is 3.55. The van der Waals surface area contributed by atoms with Crippen molar-refractivity contribution in [3.8, 4) is 0 Å². The van der Waals surface area contributed by atoms with Crippen LogP contribution in [0.4, 0.5) is 0 Å². The molecule has 0 bridgehead atoms. The third-order valence-corrected chi connectivity index (χ3v) is 4.32. The minimum atomic E-state index is 0.438. The molecule has 3 nitrogen and oxygen atoms in total. The molecule has 2 atom stereocenters. The van der Waals surface area contributed by atoms with Gasteiger partial charge in [0.2, 0.25) is 0 Å². The molecule has 1 aliphatic heterocycles. The second-order valence-corrected chi connectivity index (χ2v) is 5.49. The first-order valence-corrected chi connectivity index (χ1v) is 6.63. The zero-order valence-electron chi connectivity index (χ0n) is 9.32. The number of piperidine rings is 1. The van der Waals surface area contributed by atoms with Crippen LogP contribution in [0.3, 0.4) is 0 Å². The summed E-state index contributed by atoms with van der Waals surface area (Å²) in [6.45, 7) is 1.83. The molecule has 16 heavy (non-hydrogen) atoms. The molecule has 1 aromatic heterocycles. The molecule has 1 aromatic rings. The Morgan fingerprint density at radius 2 is 2.38 bits per heavy atom. The van der Waals surface area contributed by atoms with E-state index < -0.39 is 0 Å². The highest BCUT2D eigenvalue weighted by atomic mass is 32.1. The lowest BCUT2D eigenvalue weighted by molar-refractivity contribution is 0.112. The van der Waals surface area contributed by atoms with Crippen molar-refractivity contribution < 1.29 is 4.79 Å². The summed E-state index contributed by atoms with van der Waals surface area (Å²) in [4.78, 5) is 12.7. The van der Waals surface area contributed by atoms with Gasteiger partial charge in [0.15, 0.2) is 6.29 Å². The number of rotatable bonds is 4. The standard InChI is InChI=1S/C12H18N2OS/c13-6-5-9-1-3-11(14-7-9)12-4-2-10(8-15)16-12/h2,4,8-9,11,14H,1,3,5-7,13H2. The van der Waals surface area contributed by atoms with E-state index in [9.17, 15) is 4.79 Å². The Labute approximate surface area is 100 Å². The largest absolute Gasteiger partial charge is 0.330 e. The molecule has 0 aromatic carbocycles. The first-order valence-electron chi connectivity index (χ1n) is 5.82. The molecule has 2 heterocycles. The van der Waals surface area contributed by atoms with Crippen LogP contribution in [0.25, 0.3) is 0 Å². The molecule has 1 aliphatic rings. The summed E-state index contributed by atoms with van der Waals surface area (Å²) in [6.07, 6.45) is 4.44. The molecule has 4 heteroatoms. The van der Waals surface area contributed by atoms with Gasteiger partial charge in [-0.1, -0.05) is 0 Å². The van der Waals surface area contributed by atoms with E-state index in [4.69, 9.17) is 5.73 Å². The maximum absolute atomic E-state index is 10.6. The normalized spacial score (nSPS) is 25.6. The Kier molecular flexibility index (Phi) is 4.09. The van der Waals surface area contributed by atoms with Gasteiger partial charge in [-0.25, -0.2) is 0 Å². The SMILES string of the molecule is NCCC1CCC(c2ccc(C=O)s2)NC1. The van der Waals surface area contributed by atoms with E-state index in [1.165, 1.54) is 11.3 Å². The van der Waals surface area contributed by atoms with Crippen LogP contribution in [0, 0.1) is 5.92 Å². The van der Waals surface area contributed by atoms with Crippen LogP contribution < -0.4 is 11.1 Å². The fourth-order valence-corrected chi connectivity index (χ4v) is 3.20. The van der Waals surface area contributed by atoms with Crippen molar-refractivity contribution in [2.45, 2.75) is 25.3 Å². The van der Waals surface area contributed by atoms with Crippen LogP contribution in [0.5, 0.6) is 0 Å². The molecule has 2 unspecified atom stereocenters. The van der Waals surface area contributed by atoms with Gasteiger partial charge in [0.25, 0.3) is 0 Å². The first kappa shape index (κ1) is 11.8. The topological polar surface area (TPSA) is 55.1 Å². The molecule has 2 rings (SSSR count). The van der Waals surface area contributed by atoms with E-state index in [1.54, 1.807) is 11.3 Å². The highest BCUT2D eigenvalue weighted by Gasteiger charge is 2.22. The van der Waals surface area contributed by atoms with Crippen molar-refractivity contribution in [1.82, 2.24) is 5.32 Å². The van der Waals surface area contributed by atoms with Crippen molar-refractivity contribution in [2.75, 3.05) is 13.1 Å². The maximum atomic E-state index is 10.6. The second kappa shape index (κ2) is 5.57. The quantitative estimate of drug-likeness (QED) is 0.788. The summed E-state index contributed by atoms with van der Waals surface area (Å²) < 4.78 is 0. The fourth-order valence-electron chi connectivity index (χ4n) is 2.26. The van der Waals surface area contributed by atoms with E-state index >= 15 is 0 Å². The number of nitrogens with two attached hydrogens (primary N) is 1. The number of nitrogens with one attached hydrogen (secondary N) is 1. The molecule has 88 valence electrons. The van der Waals surface area contributed by atoms with E-state index in [0.29, 0.717) is 6.04 Å². The molecule has 1 fully saturated rings. The number of aldehydes is 1. The van der Waals surface area contributed by atoms with E-state index in [2.05, 4.69) is 11.4 Å². The summed E-state index contributed by atoms with van der Waals surface area (Å²) in [6, 6.07) is 4.41. The molecule has 1 saturated heterocycles. The van der Waals surface area contributed by atoms with Crippen LogP contribution in [0.15, 0.2) is 12.1 Å². The summed E-state index contributed by atoms with van der Waals surface area (Å²) >= 11 is 1.60. The minimum Gasteiger partial charge on any atom is -0.330 e. The van der Waals surface area contributed by atoms with Crippen molar-refractivity contribution in [2.24, 2.45) is 11.7 Å². The molecule has 3 N–H and O–H groups in total. The zero-order chi connectivity index (χ0) is 11.4. The Hall–Kier alpha value is -0.710. The van der Waals surface area contributed by atoms with Gasteiger partial charge < -0.3 is 11.1 Å². The number of carbonyl (C=O) groups is 1. The van der Waals surface area contributed by atoms with Gasteiger partial charge in [0.1, 0.15) is 0 Å². The highest BCUT2D eigenvalue weighted by molar-refractivity contribution is 7.13. The minimum absolute atomic E-state index is 0.438. The van der Waals surface area contributed by atoms with Gasteiger partial charge in [-0.05, 0) is 50.4 Å². The van der Waals surface area contributed by atoms with E-state index in [0.717, 1.165) is 43.0 Å². The predicted molar refractivity (Wildman–Crippen MR) is 66.8 cm³/mol. The number of thiophene rings is 1. The maximum Gasteiger partial charge on any atom is 0.160 e. The van der Waals surface area contributed by atoms with Crippen molar-refractivity contribution in [3.63, 3.8) is 0 Å². The van der Waals surface area contributed by atoms with Crippen LogP contribution in [0.1, 0.15) is 39.9 Å². The molecule has 0 saturated carbocycles. The third-order valence-electron chi connectivity index (χ3n) is 3.20. The third kappa shape index (κ3) is 2.70. The summed E-state index contributed by atoms with van der Waals surface area (Å²) in [5.74, 6) is 0.728. The van der Waals surface area contributed by atoms with Crippen molar-refractivity contribution in [1.29, 1.82) is 0 Å². The number of carbonyl (C=O) groups excluding carboxylic acids is 1. The molecule has 0 radical (unpaired) electrons. The zero-order valence-corrected chi connectivity index (χ0v) is 10.1. The summed E-state index contributed by atoms with van der Waals surface area (Å²) in [5.41, 5.74) is 5.56. The van der Waals surface area contributed by atoms with Crippen LogP contribution in [-0.4, -0.2) is 19.4 Å². The number of hydrogen-bond donors (Lipinski definition) is 2. The van der Waals surface area contributed by atoms with Gasteiger partial charge in [0.05, 0.1) is 4.88 Å². The average molecular weight is 238 g/mol. The lowest BCUT2D eigenvalue weighted by Crippen LogP contribution is -2.33. The van der Waals surface area contributed by atoms with Crippen molar-refractivity contribution >= 4 is 17.6 Å². The van der Waals surface area contributed by atoms with Gasteiger partial charge in [-0.15, -0.1) is 11.3 Å². The smallest absolute Gasteiger partial charge is 0.160 e. The highest BCUT2D eigenvalue weighted by Crippen LogP contribution is 2.30. The van der Waals surface area contributed by atoms with Crippen LogP contribution >= 0.6 is 11.3 Å². The van der Waals surface area contributed by atoms with Crippen LogP contribution in [-0.2, 0) is 0 Å². The van der Waals surface area contributed by atoms with Crippen molar-refractivity contribution in [3.05, 3.63) is 21.9 Å². The second-order valence-electron chi connectivity index (χ2n) is 4.34. The Morgan fingerprint density at radius 3 is 2.94 bits per heavy atom. The molecule has 0 amide bonds. The average Bonchev–Trinajstić information content (AvgIpc) is 2.79.